The van der Waals surface area contributed by atoms with Gasteiger partial charge in [0.1, 0.15) is 25.0 Å². The van der Waals surface area contributed by atoms with E-state index in [2.05, 4.69) is 16.0 Å². The lowest BCUT2D eigenvalue weighted by atomic mass is 9.82. The van der Waals surface area contributed by atoms with Crippen molar-refractivity contribution in [3.8, 4) is 23.5 Å². The molecule has 0 aliphatic heterocycles. The summed E-state index contributed by atoms with van der Waals surface area (Å²) in [5.74, 6) is 0.416. The molecule has 5 aromatic heterocycles. The molecule has 0 amide bonds. The Kier molecular flexibility index (Phi) is 15.6. The number of aliphatic hydroxyl groups is 2. The third-order valence-electron chi connectivity index (χ3n) is 14.6. The molecule has 0 radical (unpaired) electrons. The van der Waals surface area contributed by atoms with Crippen LogP contribution in [0.2, 0.25) is 15.1 Å². The van der Waals surface area contributed by atoms with Gasteiger partial charge in [0.2, 0.25) is 11.8 Å². The Bertz CT molecular complexity index is 4220. The molecule has 5 heterocycles. The monoisotopic (exact) mass is 1170 g/mol. The predicted molar refractivity (Wildman–Crippen MR) is 309 cm³/mol. The fraction of sp³-hybridized carbons (Fsp3) is 0.175. The largest absolute Gasteiger partial charge is 0.475 e. The average molecular weight is 1180 g/mol. The van der Waals surface area contributed by atoms with Gasteiger partial charge in [-0.1, -0.05) is 95.5 Å². The van der Waals surface area contributed by atoms with E-state index in [-0.39, 0.29) is 31.1 Å². The van der Waals surface area contributed by atoms with Gasteiger partial charge in [-0.2, -0.15) is 23.5 Å². The number of ether oxygens (including phenoxy) is 3. The summed E-state index contributed by atoms with van der Waals surface area (Å²) in [5, 5.41) is 43.6. The lowest BCUT2D eigenvalue weighted by Crippen LogP contribution is -2.31. The summed E-state index contributed by atoms with van der Waals surface area (Å²) < 4.78 is 64.1. The molecule has 0 aliphatic carbocycles. The number of aromatic nitrogens is 8. The first-order valence-electron chi connectivity index (χ1n) is 25.9. The number of nitrogens with zero attached hydrogens (tertiary/aromatic N) is 9. The van der Waals surface area contributed by atoms with Crippen molar-refractivity contribution in [2.45, 2.75) is 36.8 Å². The van der Waals surface area contributed by atoms with E-state index in [1.165, 1.54) is 12.1 Å². The van der Waals surface area contributed by atoms with E-state index in [4.69, 9.17) is 64.1 Å². The van der Waals surface area contributed by atoms with Crippen LogP contribution in [0.1, 0.15) is 72.7 Å². The van der Waals surface area contributed by atoms with Crippen LogP contribution in [0.25, 0.3) is 27.5 Å². The Labute approximate surface area is 489 Å². The van der Waals surface area contributed by atoms with Crippen LogP contribution in [-0.4, -0.2) is 69.4 Å². The molecule has 20 heteroatoms. The van der Waals surface area contributed by atoms with Gasteiger partial charge in [0.15, 0.2) is 11.2 Å². The van der Waals surface area contributed by atoms with Crippen LogP contribution >= 0.6 is 34.8 Å². The maximum Gasteiger partial charge on any atom is 0.416 e. The van der Waals surface area contributed by atoms with Gasteiger partial charge in [-0.05, 0) is 112 Å². The van der Waals surface area contributed by atoms with Crippen molar-refractivity contribution in [1.29, 1.82) is 5.26 Å². The minimum Gasteiger partial charge on any atom is -0.475 e. The van der Waals surface area contributed by atoms with E-state index in [1.807, 2.05) is 37.4 Å². The summed E-state index contributed by atoms with van der Waals surface area (Å²) in [4.78, 5) is 18.4. The van der Waals surface area contributed by atoms with Crippen molar-refractivity contribution >= 4 is 56.6 Å². The zero-order valence-electron chi connectivity index (χ0n) is 44.6. The summed E-state index contributed by atoms with van der Waals surface area (Å²) in [6.07, 6.45) is 3.89. The van der Waals surface area contributed by atoms with Crippen LogP contribution in [0.5, 0.6) is 11.8 Å². The second-order valence-electron chi connectivity index (χ2n) is 19.9. The molecule has 2 atom stereocenters. The van der Waals surface area contributed by atoms with E-state index in [1.54, 1.807) is 144 Å². The van der Waals surface area contributed by atoms with Crippen LogP contribution in [-0.2, 0) is 55.7 Å². The SMILES string of the molecule is COCCOc1nc2ccc(C(O)(c3ccc(Cl)cc3)c3cncn3C)cc2c(Cl)c1Cc1ccc(-n2ccc(COc3nc4ccc(C(O)(c5ccc(Cl)cc5)c5cncn5C)cc4c(C#N)c3Cc3ccc(C(F)(F)F)cc3)n2)cc1. The van der Waals surface area contributed by atoms with E-state index < -0.39 is 22.9 Å². The Morgan fingerprint density at radius 1 is 0.590 bits per heavy atom. The lowest BCUT2D eigenvalue weighted by molar-refractivity contribution is -0.137. The number of hydrogen-bond donors (Lipinski definition) is 2. The molecule has 2 N–H and O–H groups in total. The molecule has 14 nitrogen and oxygen atoms in total. The summed E-state index contributed by atoms with van der Waals surface area (Å²) in [6.45, 7) is 0.444. The molecular weight excluding hydrogens is 1130 g/mol. The zero-order chi connectivity index (χ0) is 58.2. The second-order valence-corrected chi connectivity index (χ2v) is 21.1. The lowest BCUT2D eigenvalue weighted by Gasteiger charge is -2.30. The van der Waals surface area contributed by atoms with Crippen molar-refractivity contribution in [3.63, 3.8) is 0 Å². The molecule has 0 saturated heterocycles. The average Bonchev–Trinajstić information content (AvgIpc) is 4.12. The molecule has 0 aliphatic rings. The van der Waals surface area contributed by atoms with Crippen LogP contribution in [0.3, 0.4) is 0 Å². The number of methoxy groups -OCH3 is 1. The fourth-order valence-electron chi connectivity index (χ4n) is 10.3. The molecule has 6 aromatic carbocycles. The van der Waals surface area contributed by atoms with Crippen LogP contribution in [0, 0.1) is 11.3 Å². The molecule has 0 bridgehead atoms. The summed E-state index contributed by atoms with van der Waals surface area (Å²) in [7, 11) is 5.15. The van der Waals surface area contributed by atoms with E-state index in [0.717, 1.165) is 23.4 Å². The van der Waals surface area contributed by atoms with Gasteiger partial charge in [0.05, 0.1) is 75.9 Å². The smallest absolute Gasteiger partial charge is 0.416 e. The topological polar surface area (TPSA) is 171 Å². The van der Waals surface area contributed by atoms with Crippen molar-refractivity contribution in [2.24, 2.45) is 14.1 Å². The van der Waals surface area contributed by atoms with E-state index in [0.29, 0.717) is 112 Å². The maximum atomic E-state index is 13.7. The third kappa shape index (κ3) is 11.0. The van der Waals surface area contributed by atoms with Gasteiger partial charge >= 0.3 is 6.18 Å². The third-order valence-corrected chi connectivity index (χ3v) is 15.6. The summed E-state index contributed by atoms with van der Waals surface area (Å²) >= 11 is 19.9. The second kappa shape index (κ2) is 23.0. The number of rotatable bonds is 18. The van der Waals surface area contributed by atoms with Crippen LogP contribution in [0.15, 0.2) is 171 Å². The minimum atomic E-state index is -4.55. The first kappa shape index (κ1) is 56.3. The number of aryl methyl sites for hydroxylation is 2. The number of benzene rings is 6. The number of alkyl halides is 3. The maximum absolute atomic E-state index is 13.7. The Hall–Kier alpha value is -8.60. The highest BCUT2D eigenvalue weighted by Crippen LogP contribution is 2.43. The number of hydrogen-bond acceptors (Lipinski definition) is 11. The predicted octanol–water partition coefficient (Wildman–Crippen LogP) is 12.6. The molecular formula is C63H49Cl3F3N9O5. The Balaban J connectivity index is 0.891. The summed E-state index contributed by atoms with van der Waals surface area (Å²) in [5.41, 5.74) is 3.32. The van der Waals surface area contributed by atoms with Crippen LogP contribution < -0.4 is 9.47 Å². The van der Waals surface area contributed by atoms with E-state index in [9.17, 15) is 28.6 Å². The van der Waals surface area contributed by atoms with E-state index >= 15 is 0 Å². The molecule has 0 saturated carbocycles. The van der Waals surface area contributed by atoms with Crippen molar-refractivity contribution in [3.05, 3.63) is 259 Å². The molecule has 83 heavy (non-hydrogen) atoms. The Morgan fingerprint density at radius 3 is 1.60 bits per heavy atom. The normalized spacial score (nSPS) is 13.2. The highest BCUT2D eigenvalue weighted by Gasteiger charge is 2.39. The Morgan fingerprint density at radius 2 is 1.08 bits per heavy atom. The van der Waals surface area contributed by atoms with Gasteiger partial charge in [0, 0.05) is 72.2 Å². The van der Waals surface area contributed by atoms with Gasteiger partial charge in [-0.25, -0.2) is 24.6 Å². The number of halogens is 6. The van der Waals surface area contributed by atoms with Gasteiger partial charge in [0.25, 0.3) is 0 Å². The van der Waals surface area contributed by atoms with Gasteiger partial charge in [-0.3, -0.25) is 0 Å². The van der Waals surface area contributed by atoms with Crippen molar-refractivity contribution in [1.82, 2.24) is 38.9 Å². The van der Waals surface area contributed by atoms with Crippen LogP contribution in [0.4, 0.5) is 13.2 Å². The number of imidazole rings is 2. The quantitative estimate of drug-likeness (QED) is 0.0784. The number of fused-ring (bicyclic) bond motifs is 2. The first-order chi connectivity index (χ1) is 40.0. The van der Waals surface area contributed by atoms with Crippen molar-refractivity contribution in [2.75, 3.05) is 20.3 Å². The molecule has 11 aromatic rings. The standard InChI is InChI=1S/C63H49Cl3F3N9O5/c1-76-36-71-33-56(76)61(79,40-10-16-45(64)17-11-40)43-14-22-54-49(30-43)53(32-70)50(28-38-4-8-42(9-5-38)63(67,68)69)59(73-54)83-35-47-24-25-78(75-47)48-20-6-39(7-21-48)29-52-58(66)51-31-44(15-23-55(51)74-60(52)82-27-26-81-3)62(80,57-34-72-37-77(57)2)41-12-18-46(65)19-13-41/h4-25,30-31,33-34,36-37,79-80H,26-29,35H2,1-3H3. The number of nitriles is 1. The minimum absolute atomic E-state index is 0.0183. The van der Waals surface area contributed by atoms with Crippen molar-refractivity contribution < 1.29 is 37.6 Å². The molecule has 0 fully saturated rings. The number of pyridine rings is 2. The molecule has 2 unspecified atom stereocenters. The molecule has 0 spiro atoms. The fourth-order valence-corrected chi connectivity index (χ4v) is 10.9. The van der Waals surface area contributed by atoms with Gasteiger partial charge in [-0.15, -0.1) is 0 Å². The first-order valence-corrected chi connectivity index (χ1v) is 27.0. The zero-order valence-corrected chi connectivity index (χ0v) is 46.9. The molecule has 11 rings (SSSR count). The summed E-state index contributed by atoms with van der Waals surface area (Å²) in [6, 6.07) is 40.7. The van der Waals surface area contributed by atoms with Gasteiger partial charge < -0.3 is 33.6 Å². The molecule has 418 valence electrons. The highest BCUT2D eigenvalue weighted by molar-refractivity contribution is 6.36. The highest BCUT2D eigenvalue weighted by atomic mass is 35.5.